The number of benzene rings is 1. The number of ether oxygens (including phenoxy) is 1. The minimum atomic E-state index is -0.663. The zero-order chi connectivity index (χ0) is 16.8. The van der Waals surface area contributed by atoms with Crippen LogP contribution in [0.4, 0.5) is 0 Å². The number of amides is 1. The molecule has 1 aliphatic heterocycles. The Balaban J connectivity index is 1.53. The molecule has 5 heteroatoms. The predicted molar refractivity (Wildman–Crippen MR) is 94.4 cm³/mol. The fourth-order valence-electron chi connectivity index (χ4n) is 3.62. The Morgan fingerprint density at radius 2 is 1.88 bits per heavy atom. The Bertz CT molecular complexity index is 549. The molecule has 1 aliphatic carbocycles. The van der Waals surface area contributed by atoms with Crippen LogP contribution in [-0.2, 0) is 22.6 Å². The highest BCUT2D eigenvalue weighted by atomic mass is 16.5. The monoisotopic (exact) mass is 331 g/mol. The normalized spacial score (nSPS) is 21.4. The second kappa shape index (κ2) is 8.10. The fourth-order valence-corrected chi connectivity index (χ4v) is 3.62. The Labute approximate surface area is 144 Å². The van der Waals surface area contributed by atoms with Crippen LogP contribution < -0.4 is 11.1 Å². The molecule has 0 spiro atoms. The molecule has 0 aromatic heterocycles. The molecule has 132 valence electrons. The number of nitrogens with zero attached hydrogens (tertiary/aromatic N) is 1. The average molecular weight is 331 g/mol. The minimum absolute atomic E-state index is 0.000724. The van der Waals surface area contributed by atoms with Gasteiger partial charge in [-0.2, -0.15) is 0 Å². The van der Waals surface area contributed by atoms with Gasteiger partial charge in [0.15, 0.2) is 0 Å². The molecule has 3 N–H and O–H groups in total. The van der Waals surface area contributed by atoms with Gasteiger partial charge in [-0.3, -0.25) is 9.69 Å². The molecule has 1 heterocycles. The van der Waals surface area contributed by atoms with Crippen molar-refractivity contribution >= 4 is 5.91 Å². The molecule has 3 rings (SSSR count). The first-order valence-corrected chi connectivity index (χ1v) is 9.11. The van der Waals surface area contributed by atoms with Crippen molar-refractivity contribution in [3.8, 4) is 0 Å². The molecule has 0 radical (unpaired) electrons. The van der Waals surface area contributed by atoms with Crippen molar-refractivity contribution in [1.82, 2.24) is 10.2 Å². The van der Waals surface area contributed by atoms with Crippen molar-refractivity contribution in [3.05, 3.63) is 35.4 Å². The molecule has 1 amide bonds. The van der Waals surface area contributed by atoms with E-state index < -0.39 is 5.54 Å². The maximum absolute atomic E-state index is 12.4. The van der Waals surface area contributed by atoms with Crippen LogP contribution in [0, 0.1) is 0 Å². The Morgan fingerprint density at radius 1 is 1.17 bits per heavy atom. The maximum Gasteiger partial charge on any atom is 0.240 e. The molecule has 0 atom stereocenters. The quantitative estimate of drug-likeness (QED) is 0.863. The highest BCUT2D eigenvalue weighted by Gasteiger charge is 2.34. The Hall–Kier alpha value is -1.43. The van der Waals surface area contributed by atoms with Gasteiger partial charge >= 0.3 is 0 Å². The molecule has 1 aromatic carbocycles. The fraction of sp³-hybridized carbons (Fsp3) is 0.632. The van der Waals surface area contributed by atoms with Crippen LogP contribution in [0.5, 0.6) is 0 Å². The Morgan fingerprint density at radius 3 is 2.62 bits per heavy atom. The number of hydrogen-bond donors (Lipinski definition) is 2. The van der Waals surface area contributed by atoms with Gasteiger partial charge in [-0.05, 0) is 24.0 Å². The molecular weight excluding hydrogens is 302 g/mol. The third kappa shape index (κ3) is 4.56. The van der Waals surface area contributed by atoms with Crippen molar-refractivity contribution in [2.75, 3.05) is 26.3 Å². The first-order valence-electron chi connectivity index (χ1n) is 9.11. The third-order valence-electron chi connectivity index (χ3n) is 5.15. The zero-order valence-electron chi connectivity index (χ0n) is 14.4. The summed E-state index contributed by atoms with van der Waals surface area (Å²) in [5.74, 6) is 0.000724. The second-order valence-electron chi connectivity index (χ2n) is 7.11. The minimum Gasteiger partial charge on any atom is -0.379 e. The van der Waals surface area contributed by atoms with Crippen molar-refractivity contribution in [2.45, 2.75) is 50.7 Å². The number of hydrogen-bond acceptors (Lipinski definition) is 4. The summed E-state index contributed by atoms with van der Waals surface area (Å²) in [7, 11) is 0. The van der Waals surface area contributed by atoms with Gasteiger partial charge in [-0.1, -0.05) is 43.5 Å². The van der Waals surface area contributed by atoms with Crippen LogP contribution in [0.1, 0.15) is 43.2 Å². The summed E-state index contributed by atoms with van der Waals surface area (Å²) in [5.41, 5.74) is 8.04. The van der Waals surface area contributed by atoms with E-state index in [2.05, 4.69) is 34.5 Å². The van der Waals surface area contributed by atoms with Crippen molar-refractivity contribution in [3.63, 3.8) is 0 Å². The molecule has 24 heavy (non-hydrogen) atoms. The van der Waals surface area contributed by atoms with E-state index in [0.29, 0.717) is 6.54 Å². The molecule has 2 fully saturated rings. The third-order valence-corrected chi connectivity index (χ3v) is 5.15. The summed E-state index contributed by atoms with van der Waals surface area (Å²) in [6, 6.07) is 8.45. The second-order valence-corrected chi connectivity index (χ2v) is 7.11. The van der Waals surface area contributed by atoms with Crippen LogP contribution in [0.3, 0.4) is 0 Å². The van der Waals surface area contributed by atoms with Gasteiger partial charge in [-0.15, -0.1) is 0 Å². The molecule has 2 aliphatic rings. The zero-order valence-corrected chi connectivity index (χ0v) is 14.4. The van der Waals surface area contributed by atoms with Crippen LogP contribution >= 0.6 is 0 Å². The molecule has 5 nitrogen and oxygen atoms in total. The predicted octanol–water partition coefficient (Wildman–Crippen LogP) is 1.80. The van der Waals surface area contributed by atoms with E-state index in [4.69, 9.17) is 10.5 Å². The van der Waals surface area contributed by atoms with Gasteiger partial charge < -0.3 is 15.8 Å². The topological polar surface area (TPSA) is 67.6 Å². The van der Waals surface area contributed by atoms with Crippen molar-refractivity contribution in [2.24, 2.45) is 5.73 Å². The lowest BCUT2D eigenvalue weighted by molar-refractivity contribution is -0.127. The SMILES string of the molecule is NC1(C(=O)NCc2cccc(CN3CCOCC3)c2)CCCCC1. The number of nitrogens with two attached hydrogens (primary N) is 1. The average Bonchev–Trinajstić information content (AvgIpc) is 2.61. The molecular formula is C19H29N3O2. The van der Waals surface area contributed by atoms with Gasteiger partial charge in [0.25, 0.3) is 0 Å². The first-order chi connectivity index (χ1) is 11.7. The first kappa shape index (κ1) is 17.4. The molecule has 1 saturated carbocycles. The van der Waals surface area contributed by atoms with E-state index in [1.165, 1.54) is 12.0 Å². The highest BCUT2D eigenvalue weighted by molar-refractivity contribution is 5.86. The van der Waals surface area contributed by atoms with Crippen LogP contribution in [-0.4, -0.2) is 42.6 Å². The van der Waals surface area contributed by atoms with E-state index in [1.54, 1.807) is 0 Å². The van der Waals surface area contributed by atoms with Gasteiger partial charge in [0.05, 0.1) is 18.8 Å². The largest absolute Gasteiger partial charge is 0.379 e. The van der Waals surface area contributed by atoms with Gasteiger partial charge in [-0.25, -0.2) is 0 Å². The smallest absolute Gasteiger partial charge is 0.240 e. The summed E-state index contributed by atoms with van der Waals surface area (Å²) in [4.78, 5) is 14.8. The molecule has 1 aromatic rings. The van der Waals surface area contributed by atoms with Crippen LogP contribution in [0.25, 0.3) is 0 Å². The van der Waals surface area contributed by atoms with Gasteiger partial charge in [0, 0.05) is 26.2 Å². The van der Waals surface area contributed by atoms with Crippen LogP contribution in [0.15, 0.2) is 24.3 Å². The van der Waals surface area contributed by atoms with E-state index in [9.17, 15) is 4.79 Å². The summed E-state index contributed by atoms with van der Waals surface area (Å²) >= 11 is 0. The number of carbonyl (C=O) groups excluding carboxylic acids is 1. The number of nitrogens with one attached hydrogen (secondary N) is 1. The summed E-state index contributed by atoms with van der Waals surface area (Å²) < 4.78 is 5.39. The standard InChI is InChI=1S/C19H29N3O2/c20-19(7-2-1-3-8-19)18(23)21-14-16-5-4-6-17(13-16)15-22-9-11-24-12-10-22/h4-6,13H,1-3,7-12,14-15,20H2,(H,21,23). The van der Waals surface area contributed by atoms with Crippen LogP contribution in [0.2, 0.25) is 0 Å². The van der Waals surface area contributed by atoms with Crippen molar-refractivity contribution in [1.29, 1.82) is 0 Å². The summed E-state index contributed by atoms with van der Waals surface area (Å²) in [6.07, 6.45) is 4.90. The summed E-state index contributed by atoms with van der Waals surface area (Å²) in [5, 5.41) is 3.04. The lowest BCUT2D eigenvalue weighted by Gasteiger charge is -2.31. The van der Waals surface area contributed by atoms with E-state index in [1.807, 2.05) is 0 Å². The lowest BCUT2D eigenvalue weighted by atomic mass is 9.82. The lowest BCUT2D eigenvalue weighted by Crippen LogP contribution is -2.54. The van der Waals surface area contributed by atoms with E-state index in [-0.39, 0.29) is 5.91 Å². The summed E-state index contributed by atoms with van der Waals surface area (Å²) in [6.45, 7) is 5.08. The Kier molecular flexibility index (Phi) is 5.87. The molecule has 0 bridgehead atoms. The molecule has 0 unspecified atom stereocenters. The van der Waals surface area contributed by atoms with E-state index >= 15 is 0 Å². The van der Waals surface area contributed by atoms with Gasteiger partial charge in [0.1, 0.15) is 0 Å². The van der Waals surface area contributed by atoms with E-state index in [0.717, 1.165) is 64.1 Å². The number of carbonyl (C=O) groups is 1. The van der Waals surface area contributed by atoms with Gasteiger partial charge in [0.2, 0.25) is 5.91 Å². The highest BCUT2D eigenvalue weighted by Crippen LogP contribution is 2.26. The van der Waals surface area contributed by atoms with Crippen molar-refractivity contribution < 1.29 is 9.53 Å². The number of rotatable bonds is 5. The molecule has 1 saturated heterocycles. The number of morpholine rings is 1. The maximum atomic E-state index is 12.4.